The number of aliphatic hydroxyl groups excluding tert-OH is 1. The zero-order valence-corrected chi connectivity index (χ0v) is 8.84. The van der Waals surface area contributed by atoms with Crippen molar-refractivity contribution in [3.63, 3.8) is 0 Å². The summed E-state index contributed by atoms with van der Waals surface area (Å²) in [6.07, 6.45) is 1.02. The molecule has 0 radical (unpaired) electrons. The predicted molar refractivity (Wildman–Crippen MR) is 57.3 cm³/mol. The Hall–Kier alpha value is -1.62. The van der Waals surface area contributed by atoms with Crippen molar-refractivity contribution in [1.82, 2.24) is 4.98 Å². The Bertz CT molecular complexity index is 335. The average molecular weight is 209 g/mol. The van der Waals surface area contributed by atoms with E-state index in [1.165, 1.54) is 0 Å². The van der Waals surface area contributed by atoms with Crippen molar-refractivity contribution < 1.29 is 9.90 Å². The van der Waals surface area contributed by atoms with E-state index in [1.807, 2.05) is 0 Å². The van der Waals surface area contributed by atoms with Crippen molar-refractivity contribution in [2.24, 2.45) is 5.73 Å². The highest BCUT2D eigenvalue weighted by Gasteiger charge is 2.06. The normalized spacial score (nSPS) is 12.2. The molecule has 0 unspecified atom stereocenters. The van der Waals surface area contributed by atoms with Gasteiger partial charge >= 0.3 is 0 Å². The number of aromatic nitrogens is 1. The molecule has 1 atom stereocenters. The number of amides is 1. The van der Waals surface area contributed by atoms with Crippen LogP contribution in [0, 0.1) is 0 Å². The van der Waals surface area contributed by atoms with Crippen molar-refractivity contribution in [2.75, 3.05) is 18.5 Å². The van der Waals surface area contributed by atoms with E-state index in [0.717, 1.165) is 5.69 Å². The third-order valence-corrected chi connectivity index (χ3v) is 2.03. The fourth-order valence-electron chi connectivity index (χ4n) is 1.20. The third kappa shape index (κ3) is 3.21. The van der Waals surface area contributed by atoms with Gasteiger partial charge in [-0.05, 0) is 19.1 Å². The van der Waals surface area contributed by atoms with Gasteiger partial charge in [0.2, 0.25) is 5.91 Å². The molecule has 5 nitrogen and oxygen atoms in total. The van der Waals surface area contributed by atoms with Crippen molar-refractivity contribution >= 4 is 11.6 Å². The molecule has 0 saturated carbocycles. The molecule has 0 saturated heterocycles. The van der Waals surface area contributed by atoms with Crippen molar-refractivity contribution in [3.8, 4) is 0 Å². The Balaban J connectivity index is 2.75. The van der Waals surface area contributed by atoms with Gasteiger partial charge in [-0.25, -0.2) is 0 Å². The van der Waals surface area contributed by atoms with Crippen LogP contribution in [-0.4, -0.2) is 29.6 Å². The summed E-state index contributed by atoms with van der Waals surface area (Å²) < 4.78 is 0. The molecule has 0 aliphatic rings. The summed E-state index contributed by atoms with van der Waals surface area (Å²) in [5.74, 6) is -0.392. The topological polar surface area (TPSA) is 79.5 Å². The SMILES string of the molecule is C[C@H](O)c1ccc(N(C)CC(N)=O)cn1. The highest BCUT2D eigenvalue weighted by atomic mass is 16.3. The Morgan fingerprint density at radius 2 is 2.33 bits per heavy atom. The molecule has 0 aliphatic carbocycles. The van der Waals surface area contributed by atoms with Crippen LogP contribution in [0.15, 0.2) is 18.3 Å². The Morgan fingerprint density at radius 3 is 2.73 bits per heavy atom. The van der Waals surface area contributed by atoms with E-state index in [1.54, 1.807) is 37.2 Å². The van der Waals surface area contributed by atoms with Gasteiger partial charge in [-0.3, -0.25) is 9.78 Å². The number of pyridine rings is 1. The summed E-state index contributed by atoms with van der Waals surface area (Å²) in [6, 6.07) is 3.51. The van der Waals surface area contributed by atoms with Crippen LogP contribution in [0.3, 0.4) is 0 Å². The molecule has 1 aromatic rings. The molecule has 82 valence electrons. The smallest absolute Gasteiger partial charge is 0.236 e. The molecule has 1 heterocycles. The summed E-state index contributed by atoms with van der Waals surface area (Å²) in [4.78, 5) is 16.4. The van der Waals surface area contributed by atoms with Crippen LogP contribution in [0.4, 0.5) is 5.69 Å². The van der Waals surface area contributed by atoms with Crippen LogP contribution >= 0.6 is 0 Å². The maximum atomic E-state index is 10.7. The second-order valence-electron chi connectivity index (χ2n) is 3.44. The number of hydrogen-bond donors (Lipinski definition) is 2. The van der Waals surface area contributed by atoms with E-state index in [9.17, 15) is 9.90 Å². The van der Waals surface area contributed by atoms with E-state index in [2.05, 4.69) is 4.98 Å². The van der Waals surface area contributed by atoms with Gasteiger partial charge in [0.25, 0.3) is 0 Å². The van der Waals surface area contributed by atoms with E-state index >= 15 is 0 Å². The van der Waals surface area contributed by atoms with Crippen LogP contribution in [0.25, 0.3) is 0 Å². The molecule has 0 fully saturated rings. The molecular formula is C10H15N3O2. The summed E-state index contributed by atoms with van der Waals surface area (Å²) in [7, 11) is 1.75. The third-order valence-electron chi connectivity index (χ3n) is 2.03. The number of nitrogens with zero attached hydrogens (tertiary/aromatic N) is 2. The lowest BCUT2D eigenvalue weighted by molar-refractivity contribution is -0.116. The first-order valence-electron chi connectivity index (χ1n) is 4.64. The minimum absolute atomic E-state index is 0.149. The van der Waals surface area contributed by atoms with Crippen LogP contribution in [0.5, 0.6) is 0 Å². The lowest BCUT2D eigenvalue weighted by Crippen LogP contribution is -2.30. The van der Waals surface area contributed by atoms with Crippen molar-refractivity contribution in [2.45, 2.75) is 13.0 Å². The first kappa shape index (κ1) is 11.5. The molecule has 1 aromatic heterocycles. The number of rotatable bonds is 4. The fraction of sp³-hybridized carbons (Fsp3) is 0.400. The molecule has 1 amide bonds. The molecule has 0 bridgehead atoms. The molecule has 1 rings (SSSR count). The Labute approximate surface area is 88.5 Å². The Kier molecular flexibility index (Phi) is 3.62. The maximum absolute atomic E-state index is 10.7. The summed E-state index contributed by atoms with van der Waals surface area (Å²) in [5, 5.41) is 9.25. The van der Waals surface area contributed by atoms with E-state index in [4.69, 9.17) is 5.73 Å². The second-order valence-corrected chi connectivity index (χ2v) is 3.44. The van der Waals surface area contributed by atoms with Crippen molar-refractivity contribution in [3.05, 3.63) is 24.0 Å². The van der Waals surface area contributed by atoms with Crippen LogP contribution < -0.4 is 10.6 Å². The molecule has 3 N–H and O–H groups in total. The van der Waals surface area contributed by atoms with E-state index in [-0.39, 0.29) is 6.54 Å². The van der Waals surface area contributed by atoms with Crippen LogP contribution in [0.1, 0.15) is 18.7 Å². The molecule has 0 aliphatic heterocycles. The lowest BCUT2D eigenvalue weighted by atomic mass is 10.2. The minimum atomic E-state index is -0.583. The number of nitrogens with two attached hydrogens (primary N) is 1. The van der Waals surface area contributed by atoms with E-state index < -0.39 is 12.0 Å². The number of anilines is 1. The molecular weight excluding hydrogens is 194 g/mol. The molecule has 5 heteroatoms. The maximum Gasteiger partial charge on any atom is 0.236 e. The van der Waals surface area contributed by atoms with Gasteiger partial charge in [0.05, 0.1) is 30.2 Å². The zero-order chi connectivity index (χ0) is 11.4. The van der Waals surface area contributed by atoms with Gasteiger partial charge < -0.3 is 15.7 Å². The largest absolute Gasteiger partial charge is 0.387 e. The monoisotopic (exact) mass is 209 g/mol. The number of carbonyl (C=O) groups is 1. The quantitative estimate of drug-likeness (QED) is 0.734. The zero-order valence-electron chi connectivity index (χ0n) is 8.84. The van der Waals surface area contributed by atoms with Gasteiger partial charge in [-0.15, -0.1) is 0 Å². The first-order chi connectivity index (χ1) is 7.00. The Morgan fingerprint density at radius 1 is 1.67 bits per heavy atom. The van der Waals surface area contributed by atoms with Gasteiger partial charge in [0.1, 0.15) is 0 Å². The highest BCUT2D eigenvalue weighted by Crippen LogP contribution is 2.14. The van der Waals surface area contributed by atoms with Crippen molar-refractivity contribution in [1.29, 1.82) is 0 Å². The van der Waals surface area contributed by atoms with E-state index in [0.29, 0.717) is 5.69 Å². The fourth-order valence-corrected chi connectivity index (χ4v) is 1.20. The molecule has 15 heavy (non-hydrogen) atoms. The lowest BCUT2D eigenvalue weighted by Gasteiger charge is -2.17. The minimum Gasteiger partial charge on any atom is -0.387 e. The highest BCUT2D eigenvalue weighted by molar-refractivity contribution is 5.79. The van der Waals surface area contributed by atoms with Gasteiger partial charge in [-0.2, -0.15) is 0 Å². The first-order valence-corrected chi connectivity index (χ1v) is 4.64. The van der Waals surface area contributed by atoms with Crippen LogP contribution in [0.2, 0.25) is 0 Å². The standard InChI is InChI=1S/C10H15N3O2/c1-7(14)9-4-3-8(5-12-9)13(2)6-10(11)15/h3-5,7,14H,6H2,1-2H3,(H2,11,15)/t7-/m0/s1. The number of carbonyl (C=O) groups excluding carboxylic acids is 1. The van der Waals surface area contributed by atoms with Gasteiger partial charge in [0.15, 0.2) is 0 Å². The summed E-state index contributed by atoms with van der Waals surface area (Å²) in [6.45, 7) is 1.80. The molecule has 0 aromatic carbocycles. The number of primary amides is 1. The summed E-state index contributed by atoms with van der Waals surface area (Å²) in [5.41, 5.74) is 6.46. The average Bonchev–Trinajstić information content (AvgIpc) is 2.17. The number of aliphatic hydroxyl groups is 1. The van der Waals surface area contributed by atoms with Gasteiger partial charge in [0, 0.05) is 7.05 Å². The number of likely N-dealkylation sites (N-methyl/N-ethyl adjacent to an activating group) is 1. The number of hydrogen-bond acceptors (Lipinski definition) is 4. The van der Waals surface area contributed by atoms with Gasteiger partial charge in [-0.1, -0.05) is 0 Å². The van der Waals surface area contributed by atoms with Crippen LogP contribution in [-0.2, 0) is 4.79 Å². The predicted octanol–water partition coefficient (Wildman–Crippen LogP) is 0.0564. The second kappa shape index (κ2) is 4.75. The summed E-state index contributed by atoms with van der Waals surface area (Å²) >= 11 is 0. The molecule has 0 spiro atoms.